The van der Waals surface area contributed by atoms with Crippen molar-refractivity contribution in [3.63, 3.8) is 0 Å². The maximum Gasteiger partial charge on any atom is 0.328 e. The molecule has 10 nitrogen and oxygen atoms in total. The quantitative estimate of drug-likeness (QED) is 0.166. The lowest BCUT2D eigenvalue weighted by molar-refractivity contribution is -0.129. The maximum absolute atomic E-state index is 11.4. The minimum absolute atomic E-state index is 0.0490. The van der Waals surface area contributed by atoms with E-state index in [1.54, 1.807) is 0 Å². The van der Waals surface area contributed by atoms with Crippen molar-refractivity contribution in [1.82, 2.24) is 10.9 Å². The first-order valence-electron chi connectivity index (χ1n) is 6.65. The molecule has 0 aromatic carbocycles. The summed E-state index contributed by atoms with van der Waals surface area (Å²) in [4.78, 5) is 22.2. The summed E-state index contributed by atoms with van der Waals surface area (Å²) in [5.41, 5.74) is 3.75. The van der Waals surface area contributed by atoms with E-state index < -0.39 is 21.1 Å². The second kappa shape index (κ2) is 9.02. The summed E-state index contributed by atoms with van der Waals surface area (Å²) in [6.07, 6.45) is 3.22. The fraction of sp³-hybridized carbons (Fsp3) is 0.417. The topological polar surface area (TPSA) is 158 Å². The molecule has 2 amide bonds. The van der Waals surface area contributed by atoms with Gasteiger partial charge in [-0.3, -0.25) is 19.3 Å². The van der Waals surface area contributed by atoms with Gasteiger partial charge in [0.15, 0.2) is 0 Å². The Balaban J connectivity index is 2.25. The lowest BCUT2D eigenvalue weighted by Gasteiger charge is -2.00. The van der Waals surface area contributed by atoms with Crippen LogP contribution in [-0.4, -0.2) is 36.2 Å². The Morgan fingerprint density at radius 1 is 1.17 bits per heavy atom. The number of rotatable bonds is 9. The van der Waals surface area contributed by atoms with E-state index in [1.807, 2.05) is 0 Å². The molecule has 0 bridgehead atoms. The molecule has 0 unspecified atom stereocenters. The number of furan rings is 1. The van der Waals surface area contributed by atoms with Gasteiger partial charge in [0.25, 0.3) is 0 Å². The Morgan fingerprint density at radius 2 is 1.83 bits per heavy atom. The third-order valence-corrected chi connectivity index (χ3v) is 3.40. The number of nitrogens with zero attached hydrogens (tertiary/aromatic N) is 1. The van der Waals surface area contributed by atoms with Crippen molar-refractivity contribution >= 4 is 28.1 Å². The molecular weight excluding hydrogens is 330 g/mol. The molecule has 0 saturated carbocycles. The van der Waals surface area contributed by atoms with Gasteiger partial charge in [-0.2, -0.15) is 13.5 Å². The summed E-state index contributed by atoms with van der Waals surface area (Å²) >= 11 is 0. The predicted octanol–water partition coefficient (Wildman–Crippen LogP) is 0.432. The zero-order valence-electron chi connectivity index (χ0n) is 12.1. The Kier molecular flexibility index (Phi) is 7.38. The number of hydrazone groups is 1. The van der Waals surface area contributed by atoms with E-state index in [2.05, 4.69) is 10.5 Å². The number of hydroxylamine groups is 1. The zero-order valence-corrected chi connectivity index (χ0v) is 12.9. The lowest BCUT2D eigenvalue weighted by Crippen LogP contribution is -2.18. The van der Waals surface area contributed by atoms with Crippen LogP contribution in [0, 0.1) is 0 Å². The number of hydrogen-bond acceptors (Lipinski definition) is 7. The highest BCUT2D eigenvalue weighted by molar-refractivity contribution is 7.85. The molecule has 0 fully saturated rings. The molecular formula is C12H17N3O7S. The van der Waals surface area contributed by atoms with Crippen molar-refractivity contribution in [3.05, 3.63) is 17.9 Å². The van der Waals surface area contributed by atoms with E-state index in [4.69, 9.17) is 14.2 Å². The lowest BCUT2D eigenvalue weighted by atomic mass is 10.1. The van der Waals surface area contributed by atoms with Crippen LogP contribution in [-0.2, 0) is 19.7 Å². The molecule has 128 valence electrons. The number of carbonyl (C=O) groups is 2. The van der Waals surface area contributed by atoms with Crippen molar-refractivity contribution in [2.24, 2.45) is 5.10 Å². The highest BCUT2D eigenvalue weighted by Crippen LogP contribution is 2.11. The standard InChI is InChI=1S/C12H17N3O7S/c16-10(4-2-1-3-5-11(17)15-18)14-13-8-9-6-7-12(22-9)23(19,20)21/h6-8,18H,1-5H2,(H,14,16)(H,15,17)(H,19,20,21). The van der Waals surface area contributed by atoms with Crippen molar-refractivity contribution < 1.29 is 32.2 Å². The van der Waals surface area contributed by atoms with Gasteiger partial charge in [0, 0.05) is 12.8 Å². The van der Waals surface area contributed by atoms with Gasteiger partial charge in [-0.15, -0.1) is 0 Å². The van der Waals surface area contributed by atoms with Crippen LogP contribution in [0.25, 0.3) is 0 Å². The first-order chi connectivity index (χ1) is 10.8. The van der Waals surface area contributed by atoms with Gasteiger partial charge in [-0.1, -0.05) is 6.42 Å². The minimum atomic E-state index is -4.41. The van der Waals surface area contributed by atoms with Crippen molar-refractivity contribution in [2.45, 2.75) is 37.2 Å². The number of amides is 2. The summed E-state index contributed by atoms with van der Waals surface area (Å²) in [5, 5.41) is 11.3. The molecule has 0 spiro atoms. The van der Waals surface area contributed by atoms with Gasteiger partial charge >= 0.3 is 10.1 Å². The van der Waals surface area contributed by atoms with Crippen LogP contribution in [0.4, 0.5) is 0 Å². The summed E-state index contributed by atoms with van der Waals surface area (Å²) in [6.45, 7) is 0. The second-order valence-corrected chi connectivity index (χ2v) is 5.87. The Bertz CT molecular complexity index is 666. The number of nitrogens with one attached hydrogen (secondary N) is 2. The van der Waals surface area contributed by atoms with E-state index >= 15 is 0 Å². The van der Waals surface area contributed by atoms with Gasteiger partial charge in [0.2, 0.25) is 16.9 Å². The first kappa shape index (κ1) is 18.8. The van der Waals surface area contributed by atoms with Crippen LogP contribution in [0.15, 0.2) is 26.7 Å². The van der Waals surface area contributed by atoms with Crippen molar-refractivity contribution in [1.29, 1.82) is 0 Å². The molecule has 0 aliphatic heterocycles. The van der Waals surface area contributed by atoms with Crippen LogP contribution in [0.2, 0.25) is 0 Å². The van der Waals surface area contributed by atoms with Gasteiger partial charge in [0.1, 0.15) is 5.76 Å². The molecule has 0 aliphatic carbocycles. The molecule has 0 aliphatic rings. The normalized spacial score (nSPS) is 11.6. The summed E-state index contributed by atoms with van der Waals surface area (Å²) in [6, 6.07) is 2.33. The molecule has 23 heavy (non-hydrogen) atoms. The third-order valence-electron chi connectivity index (χ3n) is 2.67. The number of hydrogen-bond donors (Lipinski definition) is 4. The van der Waals surface area contributed by atoms with E-state index in [1.165, 1.54) is 11.5 Å². The maximum atomic E-state index is 11.4. The molecule has 0 saturated heterocycles. The summed E-state index contributed by atoms with van der Waals surface area (Å²) in [7, 11) is -4.41. The van der Waals surface area contributed by atoms with Crippen molar-refractivity contribution in [3.8, 4) is 0 Å². The zero-order chi connectivity index (χ0) is 17.3. The predicted molar refractivity (Wildman–Crippen MR) is 77.3 cm³/mol. The fourth-order valence-corrected chi connectivity index (χ4v) is 2.01. The van der Waals surface area contributed by atoms with Gasteiger partial charge in [0.05, 0.1) is 6.21 Å². The van der Waals surface area contributed by atoms with Crippen LogP contribution < -0.4 is 10.9 Å². The average Bonchev–Trinajstić information content (AvgIpc) is 2.95. The smallest absolute Gasteiger partial charge is 0.328 e. The minimum Gasteiger partial charge on any atom is -0.441 e. The number of unbranched alkanes of at least 4 members (excludes halogenated alkanes) is 2. The highest BCUT2D eigenvalue weighted by atomic mass is 32.2. The van der Waals surface area contributed by atoms with E-state index in [0.717, 1.165) is 12.3 Å². The summed E-state index contributed by atoms with van der Waals surface area (Å²) in [5.74, 6) is -0.774. The second-order valence-electron chi connectivity index (χ2n) is 4.52. The SMILES string of the molecule is O=C(CCCCCC(=O)NN=Cc1ccc(S(=O)(=O)O)o1)NO. The van der Waals surface area contributed by atoms with Crippen LogP contribution in [0.3, 0.4) is 0 Å². The number of carbonyl (C=O) groups excluding carboxylic acids is 2. The van der Waals surface area contributed by atoms with Gasteiger partial charge in [-0.05, 0) is 25.0 Å². The molecule has 1 rings (SSSR count). The van der Waals surface area contributed by atoms with Crippen LogP contribution in [0.1, 0.15) is 37.9 Å². The van der Waals surface area contributed by atoms with E-state index in [-0.39, 0.29) is 24.5 Å². The Labute approximate surface area is 132 Å². The average molecular weight is 347 g/mol. The molecule has 1 heterocycles. The largest absolute Gasteiger partial charge is 0.441 e. The Hall–Kier alpha value is -2.24. The van der Waals surface area contributed by atoms with Gasteiger partial charge < -0.3 is 4.42 Å². The van der Waals surface area contributed by atoms with Crippen LogP contribution in [0.5, 0.6) is 0 Å². The molecule has 0 radical (unpaired) electrons. The Morgan fingerprint density at radius 3 is 2.39 bits per heavy atom. The van der Waals surface area contributed by atoms with Crippen molar-refractivity contribution in [2.75, 3.05) is 0 Å². The molecule has 1 aromatic rings. The molecule has 0 atom stereocenters. The van der Waals surface area contributed by atoms with E-state index in [9.17, 15) is 18.0 Å². The summed E-state index contributed by atoms with van der Waals surface area (Å²) < 4.78 is 35.1. The molecule has 1 aromatic heterocycles. The van der Waals surface area contributed by atoms with E-state index in [0.29, 0.717) is 19.3 Å². The highest BCUT2D eigenvalue weighted by Gasteiger charge is 2.13. The van der Waals surface area contributed by atoms with Crippen LogP contribution >= 0.6 is 0 Å². The monoisotopic (exact) mass is 347 g/mol. The molecule has 11 heteroatoms. The fourth-order valence-electron chi connectivity index (χ4n) is 1.57. The third kappa shape index (κ3) is 7.54. The molecule has 4 N–H and O–H groups in total. The van der Waals surface area contributed by atoms with Gasteiger partial charge in [-0.25, -0.2) is 10.9 Å². The first-order valence-corrected chi connectivity index (χ1v) is 8.09.